The van der Waals surface area contributed by atoms with E-state index in [0.717, 1.165) is 12.1 Å². The van der Waals surface area contributed by atoms with Crippen LogP contribution in [-0.4, -0.2) is 32.7 Å². The molecule has 2 rings (SSSR count). The Morgan fingerprint density at radius 3 is 2.28 bits per heavy atom. The lowest BCUT2D eigenvalue weighted by Crippen LogP contribution is -2.20. The Morgan fingerprint density at radius 1 is 1.00 bits per heavy atom. The summed E-state index contributed by atoms with van der Waals surface area (Å²) in [6.07, 6.45) is 0. The van der Waals surface area contributed by atoms with Crippen molar-refractivity contribution in [3.63, 3.8) is 0 Å². The van der Waals surface area contributed by atoms with Gasteiger partial charge in [0, 0.05) is 11.8 Å². The fourth-order valence-electron chi connectivity index (χ4n) is 2.00. The minimum atomic E-state index is -0.809. The zero-order valence-corrected chi connectivity index (χ0v) is 13.5. The third-order valence-corrected chi connectivity index (χ3v) is 3.09. The molecule has 25 heavy (non-hydrogen) atoms. The van der Waals surface area contributed by atoms with Crippen molar-refractivity contribution in [3.05, 3.63) is 53.6 Å². The van der Waals surface area contributed by atoms with E-state index in [1.54, 1.807) is 0 Å². The summed E-state index contributed by atoms with van der Waals surface area (Å²) in [6.45, 7) is -0.425. The van der Waals surface area contributed by atoms with Crippen LogP contribution < -0.4 is 14.8 Å². The highest BCUT2D eigenvalue weighted by molar-refractivity contribution is 5.92. The van der Waals surface area contributed by atoms with Crippen molar-refractivity contribution in [2.45, 2.75) is 0 Å². The lowest BCUT2D eigenvalue weighted by Gasteiger charge is -2.12. The second kappa shape index (κ2) is 8.09. The van der Waals surface area contributed by atoms with Crippen LogP contribution in [0.15, 0.2) is 36.4 Å². The summed E-state index contributed by atoms with van der Waals surface area (Å²) >= 11 is 0. The summed E-state index contributed by atoms with van der Waals surface area (Å²) in [7, 11) is 2.62. The molecule has 0 aromatic heterocycles. The van der Waals surface area contributed by atoms with E-state index >= 15 is 0 Å². The predicted octanol–water partition coefficient (Wildman–Crippen LogP) is 2.78. The molecule has 0 aliphatic heterocycles. The third kappa shape index (κ3) is 4.90. The van der Waals surface area contributed by atoms with Crippen LogP contribution in [0.25, 0.3) is 0 Å². The number of carbonyl (C=O) groups is 2. The monoisotopic (exact) mass is 351 g/mol. The Labute approximate surface area is 142 Å². The van der Waals surface area contributed by atoms with E-state index in [0.29, 0.717) is 6.07 Å². The molecule has 0 saturated carbocycles. The number of halogens is 2. The summed E-state index contributed by atoms with van der Waals surface area (Å²) in [4.78, 5) is 23.3. The van der Waals surface area contributed by atoms with Crippen molar-refractivity contribution in [1.82, 2.24) is 0 Å². The fourth-order valence-corrected chi connectivity index (χ4v) is 2.00. The first kappa shape index (κ1) is 18.2. The summed E-state index contributed by atoms with van der Waals surface area (Å²) in [5, 5.41) is 2.31. The largest absolute Gasteiger partial charge is 0.493 e. The van der Waals surface area contributed by atoms with Gasteiger partial charge in [-0.25, -0.2) is 13.6 Å². The van der Waals surface area contributed by atoms with Crippen molar-refractivity contribution in [3.8, 4) is 11.5 Å². The molecule has 0 radical (unpaired) electrons. The Morgan fingerprint density at radius 2 is 1.68 bits per heavy atom. The first-order valence-electron chi connectivity index (χ1n) is 7.08. The Kier molecular flexibility index (Phi) is 5.89. The summed E-state index contributed by atoms with van der Waals surface area (Å²) in [5.41, 5.74) is 0.227. The first-order valence-corrected chi connectivity index (χ1v) is 7.08. The minimum Gasteiger partial charge on any atom is -0.493 e. The molecule has 6 nitrogen and oxygen atoms in total. The number of methoxy groups -OCH3 is 2. The van der Waals surface area contributed by atoms with Crippen LogP contribution >= 0.6 is 0 Å². The highest BCUT2D eigenvalue weighted by atomic mass is 19.1. The van der Waals surface area contributed by atoms with Gasteiger partial charge in [-0.15, -0.1) is 0 Å². The zero-order valence-electron chi connectivity index (χ0n) is 13.5. The van der Waals surface area contributed by atoms with E-state index in [-0.39, 0.29) is 22.7 Å². The summed E-state index contributed by atoms with van der Waals surface area (Å²) in [5.74, 6) is -2.34. The van der Waals surface area contributed by atoms with Crippen LogP contribution in [0.5, 0.6) is 11.5 Å². The molecule has 0 fully saturated rings. The highest BCUT2D eigenvalue weighted by Crippen LogP contribution is 2.28. The maximum atomic E-state index is 13.1. The number of ether oxygens (including phenoxy) is 3. The van der Waals surface area contributed by atoms with E-state index in [4.69, 9.17) is 9.47 Å². The van der Waals surface area contributed by atoms with Gasteiger partial charge in [0.2, 0.25) is 0 Å². The van der Waals surface area contributed by atoms with Crippen LogP contribution in [0.2, 0.25) is 0 Å². The Bertz CT molecular complexity index is 774. The summed E-state index contributed by atoms with van der Waals surface area (Å²) < 4.78 is 41.2. The number of carbonyl (C=O) groups excluding carboxylic acids is 2. The second-order valence-electron chi connectivity index (χ2n) is 4.85. The molecular weight excluding hydrogens is 336 g/mol. The van der Waals surface area contributed by atoms with E-state index < -0.39 is 30.1 Å². The number of anilines is 1. The number of hydrogen-bond acceptors (Lipinski definition) is 5. The molecule has 132 valence electrons. The van der Waals surface area contributed by atoms with Gasteiger partial charge in [0.15, 0.2) is 18.1 Å². The maximum Gasteiger partial charge on any atom is 0.337 e. The van der Waals surface area contributed by atoms with Crippen LogP contribution in [0.4, 0.5) is 14.5 Å². The lowest BCUT2D eigenvalue weighted by atomic mass is 10.2. The smallest absolute Gasteiger partial charge is 0.337 e. The Hall–Kier alpha value is -3.16. The van der Waals surface area contributed by atoms with Crippen LogP contribution in [0, 0.1) is 11.6 Å². The van der Waals surface area contributed by atoms with Gasteiger partial charge >= 0.3 is 5.97 Å². The fraction of sp³-hybridized carbons (Fsp3) is 0.176. The molecule has 0 saturated heterocycles. The molecule has 0 unspecified atom stereocenters. The van der Waals surface area contributed by atoms with Crippen molar-refractivity contribution in [1.29, 1.82) is 0 Å². The van der Waals surface area contributed by atoms with E-state index in [1.807, 2.05) is 0 Å². The molecular formula is C17H15F2NO5. The highest BCUT2D eigenvalue weighted by Gasteiger charge is 2.13. The molecule has 0 bridgehead atoms. The van der Waals surface area contributed by atoms with Crippen molar-refractivity contribution >= 4 is 17.6 Å². The predicted molar refractivity (Wildman–Crippen MR) is 84.8 cm³/mol. The number of benzene rings is 2. The number of amides is 1. The lowest BCUT2D eigenvalue weighted by molar-refractivity contribution is -0.118. The van der Waals surface area contributed by atoms with Gasteiger partial charge in [0.25, 0.3) is 5.91 Å². The average Bonchev–Trinajstić information content (AvgIpc) is 2.58. The van der Waals surface area contributed by atoms with Gasteiger partial charge in [-0.1, -0.05) is 0 Å². The van der Waals surface area contributed by atoms with E-state index in [1.165, 1.54) is 32.4 Å². The number of esters is 1. The molecule has 0 spiro atoms. The van der Waals surface area contributed by atoms with E-state index in [2.05, 4.69) is 10.1 Å². The topological polar surface area (TPSA) is 73.9 Å². The molecule has 0 atom stereocenters. The van der Waals surface area contributed by atoms with Crippen LogP contribution in [-0.2, 0) is 9.53 Å². The molecule has 2 aromatic carbocycles. The van der Waals surface area contributed by atoms with Crippen molar-refractivity contribution in [2.24, 2.45) is 0 Å². The van der Waals surface area contributed by atoms with Gasteiger partial charge in [0.1, 0.15) is 11.6 Å². The van der Waals surface area contributed by atoms with Gasteiger partial charge in [0.05, 0.1) is 19.8 Å². The zero-order chi connectivity index (χ0) is 18.4. The first-order chi connectivity index (χ1) is 11.9. The van der Waals surface area contributed by atoms with Gasteiger partial charge < -0.3 is 19.5 Å². The number of hydrogen-bond donors (Lipinski definition) is 1. The number of nitrogens with one attached hydrogen (secondary N) is 1. The standard InChI is InChI=1S/C17H15F2NO5/c1-23-15-5-10(17(22)24-2)3-4-14(15)25-9-16(21)20-13-7-11(18)6-12(19)8-13/h3-8H,9H2,1-2H3,(H,20,21). The Balaban J connectivity index is 2.02. The molecule has 0 aliphatic rings. The SMILES string of the molecule is COC(=O)c1ccc(OCC(=O)Nc2cc(F)cc(F)c2)c(OC)c1. The minimum absolute atomic E-state index is 0.0286. The van der Waals surface area contributed by atoms with Crippen LogP contribution in [0.3, 0.4) is 0 Å². The van der Waals surface area contributed by atoms with Crippen LogP contribution in [0.1, 0.15) is 10.4 Å². The molecule has 1 amide bonds. The molecule has 1 N–H and O–H groups in total. The molecule has 8 heteroatoms. The molecule has 0 heterocycles. The molecule has 2 aromatic rings. The second-order valence-corrected chi connectivity index (χ2v) is 4.85. The van der Waals surface area contributed by atoms with Crippen molar-refractivity contribution < 1.29 is 32.6 Å². The molecule has 0 aliphatic carbocycles. The third-order valence-electron chi connectivity index (χ3n) is 3.09. The maximum absolute atomic E-state index is 13.1. The van der Waals surface area contributed by atoms with Gasteiger partial charge in [-0.05, 0) is 30.3 Å². The number of rotatable bonds is 6. The van der Waals surface area contributed by atoms with E-state index in [9.17, 15) is 18.4 Å². The van der Waals surface area contributed by atoms with Gasteiger partial charge in [-0.2, -0.15) is 0 Å². The normalized spacial score (nSPS) is 10.1. The summed E-state index contributed by atoms with van der Waals surface area (Å²) in [6, 6.07) is 6.95. The van der Waals surface area contributed by atoms with Crippen molar-refractivity contribution in [2.75, 3.05) is 26.1 Å². The average molecular weight is 351 g/mol. The van der Waals surface area contributed by atoms with Gasteiger partial charge in [-0.3, -0.25) is 4.79 Å². The quantitative estimate of drug-likeness (QED) is 0.810.